The van der Waals surface area contributed by atoms with E-state index in [9.17, 15) is 0 Å². The number of hydrogen-bond acceptors (Lipinski definition) is 4. The maximum Gasteiger partial charge on any atom is 0.161 e. The Labute approximate surface area is 114 Å². The van der Waals surface area contributed by atoms with Gasteiger partial charge in [0.15, 0.2) is 11.5 Å². The maximum absolute atomic E-state index is 5.72. The molecule has 0 heterocycles. The monoisotopic (exact) mass is 269 g/mol. The fourth-order valence-corrected chi connectivity index (χ4v) is 2.06. The molecule has 0 aliphatic rings. The molecule has 1 aromatic rings. The highest BCUT2D eigenvalue weighted by molar-refractivity contribution is 7.99. The first-order valence-electron chi connectivity index (χ1n) is 6.40. The smallest absolute Gasteiger partial charge is 0.161 e. The second kappa shape index (κ2) is 9.11. The quantitative estimate of drug-likeness (QED) is 0.698. The van der Waals surface area contributed by atoms with E-state index in [0.717, 1.165) is 42.7 Å². The van der Waals surface area contributed by atoms with Gasteiger partial charge in [-0.25, -0.2) is 0 Å². The van der Waals surface area contributed by atoms with Crippen LogP contribution >= 0.6 is 11.8 Å². The molecule has 0 bridgehead atoms. The van der Waals surface area contributed by atoms with E-state index in [1.165, 1.54) is 5.56 Å². The van der Waals surface area contributed by atoms with Crippen LogP contribution in [-0.2, 0) is 6.54 Å². The summed E-state index contributed by atoms with van der Waals surface area (Å²) < 4.78 is 11.1. The van der Waals surface area contributed by atoms with Gasteiger partial charge < -0.3 is 14.8 Å². The molecular weight excluding hydrogens is 246 g/mol. The highest BCUT2D eigenvalue weighted by atomic mass is 32.2. The zero-order valence-corrected chi connectivity index (χ0v) is 12.3. The molecular formula is C14H23NO2S. The SMILES string of the molecule is CCNCc1ccc(OCCSCC)c(OC)c1. The number of nitrogens with one attached hydrogen (secondary N) is 1. The predicted molar refractivity (Wildman–Crippen MR) is 78.9 cm³/mol. The van der Waals surface area contributed by atoms with Crippen molar-refractivity contribution in [3.05, 3.63) is 23.8 Å². The number of ether oxygens (including phenoxy) is 2. The van der Waals surface area contributed by atoms with Crippen LogP contribution in [0.3, 0.4) is 0 Å². The van der Waals surface area contributed by atoms with Crippen LogP contribution in [0.5, 0.6) is 11.5 Å². The zero-order valence-electron chi connectivity index (χ0n) is 11.5. The van der Waals surface area contributed by atoms with E-state index in [-0.39, 0.29) is 0 Å². The number of benzene rings is 1. The van der Waals surface area contributed by atoms with Crippen molar-refractivity contribution in [3.63, 3.8) is 0 Å². The van der Waals surface area contributed by atoms with Crippen molar-refractivity contribution in [2.75, 3.05) is 31.8 Å². The summed E-state index contributed by atoms with van der Waals surface area (Å²) >= 11 is 1.88. The van der Waals surface area contributed by atoms with Gasteiger partial charge in [-0.2, -0.15) is 11.8 Å². The van der Waals surface area contributed by atoms with E-state index < -0.39 is 0 Å². The van der Waals surface area contributed by atoms with Crippen LogP contribution in [0, 0.1) is 0 Å². The summed E-state index contributed by atoms with van der Waals surface area (Å²) in [6, 6.07) is 6.10. The highest BCUT2D eigenvalue weighted by Crippen LogP contribution is 2.28. The third-order valence-corrected chi connectivity index (χ3v) is 3.36. The first-order valence-corrected chi connectivity index (χ1v) is 7.55. The summed E-state index contributed by atoms with van der Waals surface area (Å²) in [4.78, 5) is 0. The van der Waals surface area contributed by atoms with Crippen molar-refractivity contribution < 1.29 is 9.47 Å². The van der Waals surface area contributed by atoms with Crippen LogP contribution in [0.25, 0.3) is 0 Å². The first kappa shape index (κ1) is 15.2. The summed E-state index contributed by atoms with van der Waals surface area (Å²) in [6.07, 6.45) is 0. The molecule has 1 aromatic carbocycles. The Balaban J connectivity index is 2.56. The van der Waals surface area contributed by atoms with Gasteiger partial charge in [0, 0.05) is 12.3 Å². The molecule has 0 radical (unpaired) electrons. The van der Waals surface area contributed by atoms with Crippen LogP contribution < -0.4 is 14.8 Å². The average molecular weight is 269 g/mol. The molecule has 0 amide bonds. The van der Waals surface area contributed by atoms with E-state index in [1.54, 1.807) is 7.11 Å². The van der Waals surface area contributed by atoms with Gasteiger partial charge in [0.25, 0.3) is 0 Å². The molecule has 102 valence electrons. The summed E-state index contributed by atoms with van der Waals surface area (Å²) in [6.45, 7) is 6.80. The van der Waals surface area contributed by atoms with Gasteiger partial charge in [-0.05, 0) is 30.0 Å². The number of methoxy groups -OCH3 is 1. The van der Waals surface area contributed by atoms with E-state index in [0.29, 0.717) is 0 Å². The van der Waals surface area contributed by atoms with E-state index in [1.807, 2.05) is 23.9 Å². The number of thioether (sulfide) groups is 1. The molecule has 1 N–H and O–H groups in total. The van der Waals surface area contributed by atoms with Gasteiger partial charge in [0.1, 0.15) is 0 Å². The maximum atomic E-state index is 5.72. The van der Waals surface area contributed by atoms with Crippen LogP contribution in [0.15, 0.2) is 18.2 Å². The largest absolute Gasteiger partial charge is 0.493 e. The van der Waals surface area contributed by atoms with Crippen molar-refractivity contribution in [2.45, 2.75) is 20.4 Å². The predicted octanol–water partition coefficient (Wildman–Crippen LogP) is 2.94. The second-order valence-electron chi connectivity index (χ2n) is 3.81. The third-order valence-electron chi connectivity index (χ3n) is 2.50. The van der Waals surface area contributed by atoms with E-state index >= 15 is 0 Å². The van der Waals surface area contributed by atoms with Crippen LogP contribution in [0.1, 0.15) is 19.4 Å². The Kier molecular flexibility index (Phi) is 7.69. The normalized spacial score (nSPS) is 10.4. The second-order valence-corrected chi connectivity index (χ2v) is 5.20. The minimum absolute atomic E-state index is 0.724. The Morgan fingerprint density at radius 3 is 2.72 bits per heavy atom. The Bertz CT molecular complexity index is 345. The van der Waals surface area contributed by atoms with E-state index in [2.05, 4.69) is 25.2 Å². The average Bonchev–Trinajstić information content (AvgIpc) is 2.42. The molecule has 4 heteroatoms. The molecule has 0 saturated carbocycles. The summed E-state index contributed by atoms with van der Waals surface area (Å²) in [7, 11) is 1.68. The van der Waals surface area contributed by atoms with Crippen molar-refractivity contribution in [3.8, 4) is 11.5 Å². The van der Waals surface area contributed by atoms with Crippen molar-refractivity contribution in [1.82, 2.24) is 5.32 Å². The number of hydrogen-bond donors (Lipinski definition) is 1. The molecule has 0 spiro atoms. The third kappa shape index (κ3) is 5.19. The van der Waals surface area contributed by atoms with E-state index in [4.69, 9.17) is 9.47 Å². The summed E-state index contributed by atoms with van der Waals surface area (Å²) in [5.41, 5.74) is 1.21. The first-order chi connectivity index (χ1) is 8.81. The molecule has 0 unspecified atom stereocenters. The van der Waals surface area contributed by atoms with Gasteiger partial charge in [0.2, 0.25) is 0 Å². The van der Waals surface area contributed by atoms with Crippen molar-refractivity contribution >= 4 is 11.8 Å². The fourth-order valence-electron chi connectivity index (χ4n) is 1.57. The van der Waals surface area contributed by atoms with Gasteiger partial charge in [0.05, 0.1) is 13.7 Å². The van der Waals surface area contributed by atoms with Crippen LogP contribution in [-0.4, -0.2) is 31.8 Å². The minimum atomic E-state index is 0.724. The molecule has 0 aliphatic heterocycles. The molecule has 18 heavy (non-hydrogen) atoms. The fraction of sp³-hybridized carbons (Fsp3) is 0.571. The molecule has 0 aliphatic carbocycles. The van der Waals surface area contributed by atoms with Crippen LogP contribution in [0.4, 0.5) is 0 Å². The van der Waals surface area contributed by atoms with Gasteiger partial charge in [-0.1, -0.05) is 19.9 Å². The van der Waals surface area contributed by atoms with Crippen molar-refractivity contribution in [1.29, 1.82) is 0 Å². The summed E-state index contributed by atoms with van der Waals surface area (Å²) in [5, 5.41) is 3.30. The van der Waals surface area contributed by atoms with Gasteiger partial charge in [-0.3, -0.25) is 0 Å². The lowest BCUT2D eigenvalue weighted by atomic mass is 10.2. The Morgan fingerprint density at radius 2 is 2.06 bits per heavy atom. The minimum Gasteiger partial charge on any atom is -0.493 e. The van der Waals surface area contributed by atoms with Crippen LogP contribution in [0.2, 0.25) is 0 Å². The molecule has 1 rings (SSSR count). The highest BCUT2D eigenvalue weighted by Gasteiger charge is 2.05. The standard InChI is InChI=1S/C14H23NO2S/c1-4-15-11-12-6-7-13(14(10-12)16-3)17-8-9-18-5-2/h6-7,10,15H,4-5,8-9,11H2,1-3H3. The number of rotatable bonds is 9. The molecule has 0 aromatic heterocycles. The summed E-state index contributed by atoms with van der Waals surface area (Å²) in [5.74, 6) is 3.78. The topological polar surface area (TPSA) is 30.5 Å². The van der Waals surface area contributed by atoms with Gasteiger partial charge >= 0.3 is 0 Å². The molecule has 0 atom stereocenters. The van der Waals surface area contributed by atoms with Crippen molar-refractivity contribution in [2.24, 2.45) is 0 Å². The lowest BCUT2D eigenvalue weighted by Gasteiger charge is -2.12. The lowest BCUT2D eigenvalue weighted by molar-refractivity contribution is 0.313. The Hall–Kier alpha value is -0.870. The van der Waals surface area contributed by atoms with Gasteiger partial charge in [-0.15, -0.1) is 0 Å². The Morgan fingerprint density at radius 1 is 1.22 bits per heavy atom. The molecule has 0 saturated heterocycles. The molecule has 0 fully saturated rings. The zero-order chi connectivity index (χ0) is 13.2. The lowest BCUT2D eigenvalue weighted by Crippen LogP contribution is -2.11. The molecule has 3 nitrogen and oxygen atoms in total.